The molecule has 0 radical (unpaired) electrons. The first-order valence-corrected chi connectivity index (χ1v) is 12.5. The highest BCUT2D eigenvalue weighted by Gasteiger charge is 2.31. The summed E-state index contributed by atoms with van der Waals surface area (Å²) < 4.78 is 16.4. The van der Waals surface area contributed by atoms with Crippen molar-refractivity contribution in [3.63, 3.8) is 0 Å². The molecule has 0 fully saturated rings. The van der Waals surface area contributed by atoms with E-state index in [9.17, 15) is 9.59 Å². The number of halogens is 1. The normalized spacial score (nSPS) is 13.2. The molecule has 0 aliphatic carbocycles. The number of para-hydroxylation sites is 1. The molecule has 5 rings (SSSR count). The largest absolute Gasteiger partial charge is 0.497 e. The highest BCUT2D eigenvalue weighted by Crippen LogP contribution is 2.31. The first-order chi connectivity index (χ1) is 19.0. The Morgan fingerprint density at radius 2 is 1.82 bits per heavy atom. The molecular weight excluding hydrogens is 524 g/mol. The second-order valence-corrected chi connectivity index (χ2v) is 9.12. The number of aromatic nitrogens is 2. The lowest BCUT2D eigenvalue weighted by molar-refractivity contribution is -0.131. The Hall–Kier alpha value is -4.41. The number of rotatable bonds is 8. The van der Waals surface area contributed by atoms with Crippen molar-refractivity contribution >= 4 is 29.1 Å². The van der Waals surface area contributed by atoms with E-state index in [1.54, 1.807) is 42.3 Å². The Labute approximate surface area is 229 Å². The summed E-state index contributed by atoms with van der Waals surface area (Å²) in [5, 5.41) is 17.4. The van der Waals surface area contributed by atoms with Crippen molar-refractivity contribution in [3.8, 4) is 23.0 Å². The van der Waals surface area contributed by atoms with Crippen LogP contribution in [0.2, 0.25) is 5.02 Å². The van der Waals surface area contributed by atoms with E-state index in [-0.39, 0.29) is 55.2 Å². The lowest BCUT2D eigenvalue weighted by Crippen LogP contribution is -2.40. The van der Waals surface area contributed by atoms with Gasteiger partial charge in [0, 0.05) is 17.8 Å². The fraction of sp³-hybridized carbons (Fsp3) is 0.214. The van der Waals surface area contributed by atoms with Gasteiger partial charge in [-0.2, -0.15) is 0 Å². The Morgan fingerprint density at radius 3 is 2.56 bits per heavy atom. The minimum Gasteiger partial charge on any atom is -0.497 e. The molecule has 0 spiro atoms. The molecule has 0 bridgehead atoms. The minimum atomic E-state index is -0.420. The van der Waals surface area contributed by atoms with Crippen LogP contribution in [-0.4, -0.2) is 58.9 Å². The van der Waals surface area contributed by atoms with Gasteiger partial charge in [0.15, 0.2) is 0 Å². The number of aliphatic hydroxyl groups is 1. The lowest BCUT2D eigenvalue weighted by Gasteiger charge is -2.23. The Bertz CT molecular complexity index is 1490. The number of benzene rings is 3. The van der Waals surface area contributed by atoms with Crippen molar-refractivity contribution in [1.82, 2.24) is 15.1 Å². The number of carbonyl (C=O) groups excluding carboxylic acids is 2. The molecule has 1 aromatic heterocycles. The number of nitrogens with zero attached hydrogens (tertiary/aromatic N) is 4. The van der Waals surface area contributed by atoms with E-state index in [1.807, 2.05) is 30.3 Å². The molecule has 11 heteroatoms. The van der Waals surface area contributed by atoms with Gasteiger partial charge in [-0.15, -0.1) is 10.2 Å². The maximum absolute atomic E-state index is 13.6. The van der Waals surface area contributed by atoms with Crippen LogP contribution in [0.5, 0.6) is 11.5 Å². The van der Waals surface area contributed by atoms with Gasteiger partial charge >= 0.3 is 0 Å². The van der Waals surface area contributed by atoms with E-state index < -0.39 is 5.91 Å². The van der Waals surface area contributed by atoms with E-state index in [1.165, 1.54) is 11.0 Å². The van der Waals surface area contributed by atoms with Gasteiger partial charge in [-0.25, -0.2) is 0 Å². The highest BCUT2D eigenvalue weighted by atomic mass is 35.5. The molecule has 200 valence electrons. The van der Waals surface area contributed by atoms with Crippen LogP contribution in [0.1, 0.15) is 21.8 Å². The molecular formula is C28H25ClN4O6. The smallest absolute Gasteiger partial charge is 0.260 e. The maximum atomic E-state index is 13.6. The predicted octanol–water partition coefficient (Wildman–Crippen LogP) is 3.96. The van der Waals surface area contributed by atoms with Gasteiger partial charge < -0.3 is 23.9 Å². The predicted molar refractivity (Wildman–Crippen MR) is 143 cm³/mol. The zero-order valence-electron chi connectivity index (χ0n) is 21.0. The second-order valence-electron chi connectivity index (χ2n) is 8.71. The summed E-state index contributed by atoms with van der Waals surface area (Å²) in [6.45, 7) is 0.0913. The molecule has 3 aromatic carbocycles. The number of ether oxygens (including phenoxy) is 2. The number of carbonyl (C=O) groups is 2. The van der Waals surface area contributed by atoms with Crippen molar-refractivity contribution < 1.29 is 28.6 Å². The maximum Gasteiger partial charge on any atom is 0.260 e. The fourth-order valence-electron chi connectivity index (χ4n) is 4.25. The Balaban J connectivity index is 1.37. The van der Waals surface area contributed by atoms with Crippen LogP contribution in [0.25, 0.3) is 11.5 Å². The number of methoxy groups -OCH3 is 1. The third-order valence-electron chi connectivity index (χ3n) is 6.20. The first-order valence-electron chi connectivity index (χ1n) is 12.1. The van der Waals surface area contributed by atoms with Crippen molar-refractivity contribution in [2.24, 2.45) is 0 Å². The molecule has 1 aliphatic heterocycles. The van der Waals surface area contributed by atoms with Crippen LogP contribution in [0.4, 0.5) is 5.69 Å². The third-order valence-corrected chi connectivity index (χ3v) is 6.51. The van der Waals surface area contributed by atoms with Gasteiger partial charge in [-0.1, -0.05) is 29.8 Å². The van der Waals surface area contributed by atoms with Crippen molar-refractivity contribution in [3.05, 3.63) is 88.8 Å². The SMILES string of the molecule is COc1ccc(-c2nnc(CN3Cc4ccccc4N(C(=O)c4ccc(OCCO)cc4Cl)CC3=O)o2)cc1. The van der Waals surface area contributed by atoms with E-state index in [2.05, 4.69) is 10.2 Å². The Morgan fingerprint density at radius 1 is 1.05 bits per heavy atom. The minimum absolute atomic E-state index is 0.0794. The molecule has 1 aliphatic rings. The van der Waals surface area contributed by atoms with Gasteiger partial charge in [0.25, 0.3) is 5.91 Å². The number of anilines is 1. The molecule has 0 saturated carbocycles. The van der Waals surface area contributed by atoms with Crippen LogP contribution in [0.15, 0.2) is 71.1 Å². The zero-order chi connectivity index (χ0) is 27.4. The summed E-state index contributed by atoms with van der Waals surface area (Å²) in [5.41, 5.74) is 2.35. The number of hydrogen-bond acceptors (Lipinski definition) is 8. The van der Waals surface area contributed by atoms with Crippen molar-refractivity contribution in [2.75, 3.05) is 31.8 Å². The summed E-state index contributed by atoms with van der Waals surface area (Å²) in [4.78, 5) is 30.0. The van der Waals surface area contributed by atoms with Crippen LogP contribution in [0, 0.1) is 0 Å². The van der Waals surface area contributed by atoms with Gasteiger partial charge in [0.1, 0.15) is 24.7 Å². The molecule has 10 nitrogen and oxygen atoms in total. The topological polar surface area (TPSA) is 118 Å². The van der Waals surface area contributed by atoms with Gasteiger partial charge in [-0.05, 0) is 54.1 Å². The quantitative estimate of drug-likeness (QED) is 0.351. The summed E-state index contributed by atoms with van der Waals surface area (Å²) in [6, 6.07) is 19.2. The average Bonchev–Trinajstić information content (AvgIpc) is 3.37. The molecule has 2 heterocycles. The van der Waals surface area contributed by atoms with Gasteiger partial charge in [0.05, 0.1) is 30.8 Å². The number of hydrogen-bond donors (Lipinski definition) is 1. The highest BCUT2D eigenvalue weighted by molar-refractivity contribution is 6.34. The number of fused-ring (bicyclic) bond motifs is 1. The lowest BCUT2D eigenvalue weighted by atomic mass is 10.1. The van der Waals surface area contributed by atoms with Crippen LogP contribution in [0.3, 0.4) is 0 Å². The van der Waals surface area contributed by atoms with Crippen LogP contribution < -0.4 is 14.4 Å². The van der Waals surface area contributed by atoms with Gasteiger partial charge in [-0.3, -0.25) is 14.5 Å². The Kier molecular flexibility index (Phi) is 7.76. The molecule has 0 saturated heterocycles. The summed E-state index contributed by atoms with van der Waals surface area (Å²) >= 11 is 6.41. The summed E-state index contributed by atoms with van der Waals surface area (Å²) in [6.07, 6.45) is 0. The molecule has 1 N–H and O–H groups in total. The summed E-state index contributed by atoms with van der Waals surface area (Å²) in [7, 11) is 1.59. The molecule has 2 amide bonds. The van der Waals surface area contributed by atoms with E-state index in [0.717, 1.165) is 11.1 Å². The molecule has 0 unspecified atom stereocenters. The zero-order valence-corrected chi connectivity index (χ0v) is 21.8. The van der Waals surface area contributed by atoms with Crippen LogP contribution in [-0.2, 0) is 17.9 Å². The van der Waals surface area contributed by atoms with Crippen molar-refractivity contribution in [1.29, 1.82) is 0 Å². The second kappa shape index (κ2) is 11.5. The third kappa shape index (κ3) is 5.71. The first kappa shape index (κ1) is 26.2. The molecule has 4 aromatic rings. The average molecular weight is 549 g/mol. The number of aliphatic hydroxyl groups excluding tert-OH is 1. The molecule has 39 heavy (non-hydrogen) atoms. The summed E-state index contributed by atoms with van der Waals surface area (Å²) in [5.74, 6) is 1.02. The monoisotopic (exact) mass is 548 g/mol. The van der Waals surface area contributed by atoms with E-state index in [4.69, 9.17) is 30.6 Å². The van der Waals surface area contributed by atoms with Gasteiger partial charge in [0.2, 0.25) is 17.7 Å². The fourth-order valence-corrected chi connectivity index (χ4v) is 4.50. The molecule has 0 atom stereocenters. The standard InChI is InChI=1S/C28H25ClN4O6/c1-37-20-8-6-18(7-9-20)27-31-30-25(39-27)16-32-15-19-4-2-3-5-24(19)33(17-26(32)35)28(36)22-11-10-21(14-23(22)29)38-13-12-34/h2-11,14,34H,12-13,15-17H2,1H3. The van der Waals surface area contributed by atoms with E-state index >= 15 is 0 Å². The number of amides is 2. The van der Waals surface area contributed by atoms with Crippen molar-refractivity contribution in [2.45, 2.75) is 13.1 Å². The van der Waals surface area contributed by atoms with E-state index in [0.29, 0.717) is 23.1 Å². The van der Waals surface area contributed by atoms with Crippen LogP contribution >= 0.6 is 11.6 Å².